The first-order chi connectivity index (χ1) is 12.5. The number of aromatic nitrogens is 3. The molecule has 0 aliphatic rings. The van der Waals surface area contributed by atoms with E-state index in [4.69, 9.17) is 11.6 Å². The average Bonchev–Trinajstić information content (AvgIpc) is 2.62. The summed E-state index contributed by atoms with van der Waals surface area (Å²) in [5, 5.41) is 7.23. The Bertz CT molecular complexity index is 883. The number of hydrogen-bond acceptors (Lipinski definition) is 5. The molecule has 1 aromatic carbocycles. The van der Waals surface area contributed by atoms with Crippen LogP contribution >= 0.6 is 11.6 Å². The molecule has 0 bridgehead atoms. The molecule has 0 aliphatic carbocycles. The van der Waals surface area contributed by atoms with Gasteiger partial charge in [0, 0.05) is 18.1 Å². The highest BCUT2D eigenvalue weighted by molar-refractivity contribution is 6.29. The second kappa shape index (κ2) is 8.15. The summed E-state index contributed by atoms with van der Waals surface area (Å²) < 4.78 is 0. The zero-order chi connectivity index (χ0) is 18.5. The molecule has 0 amide bonds. The number of pyridine rings is 1. The van der Waals surface area contributed by atoms with E-state index in [1.54, 1.807) is 6.20 Å². The lowest BCUT2D eigenvalue weighted by Gasteiger charge is -2.19. The Morgan fingerprint density at radius 3 is 2.42 bits per heavy atom. The van der Waals surface area contributed by atoms with Gasteiger partial charge in [0.2, 0.25) is 0 Å². The molecule has 6 heteroatoms. The van der Waals surface area contributed by atoms with Crippen LogP contribution in [0, 0.1) is 6.92 Å². The van der Waals surface area contributed by atoms with Crippen LogP contribution in [0.15, 0.2) is 55.1 Å². The number of halogens is 1. The Hall–Kier alpha value is -2.66. The molecule has 3 rings (SSSR count). The zero-order valence-corrected chi connectivity index (χ0v) is 15.8. The van der Waals surface area contributed by atoms with Crippen LogP contribution in [0.25, 0.3) is 0 Å². The molecule has 0 spiro atoms. The van der Waals surface area contributed by atoms with Gasteiger partial charge < -0.3 is 10.6 Å². The van der Waals surface area contributed by atoms with Gasteiger partial charge in [-0.3, -0.25) is 9.97 Å². The molecule has 0 saturated heterocycles. The number of nitrogens with one attached hydrogen (secondary N) is 2. The normalized spacial score (nSPS) is 13.1. The molecule has 0 radical (unpaired) electrons. The Morgan fingerprint density at radius 1 is 0.885 bits per heavy atom. The molecule has 26 heavy (non-hydrogen) atoms. The van der Waals surface area contributed by atoms with Gasteiger partial charge in [0.05, 0.1) is 24.5 Å². The van der Waals surface area contributed by atoms with Crippen molar-refractivity contribution >= 4 is 23.1 Å². The molecule has 5 nitrogen and oxygen atoms in total. The highest BCUT2D eigenvalue weighted by Gasteiger charge is 2.10. The molecule has 2 atom stereocenters. The van der Waals surface area contributed by atoms with E-state index in [2.05, 4.69) is 70.6 Å². The van der Waals surface area contributed by atoms with Gasteiger partial charge in [-0.05, 0) is 49.6 Å². The molecular formula is C20H22ClN5. The van der Waals surface area contributed by atoms with E-state index in [0.717, 1.165) is 22.4 Å². The van der Waals surface area contributed by atoms with Gasteiger partial charge in [-0.15, -0.1) is 0 Å². The number of anilines is 2. The van der Waals surface area contributed by atoms with Gasteiger partial charge in [-0.25, -0.2) is 4.98 Å². The Kier molecular flexibility index (Phi) is 5.68. The second-order valence-corrected chi connectivity index (χ2v) is 6.77. The molecule has 134 valence electrons. The maximum atomic E-state index is 5.90. The number of benzene rings is 1. The quantitative estimate of drug-likeness (QED) is 0.628. The minimum absolute atomic E-state index is 0.0699. The fraction of sp³-hybridized carbons (Fsp3) is 0.250. The maximum Gasteiger partial charge on any atom is 0.149 e. The zero-order valence-electron chi connectivity index (χ0n) is 15.1. The van der Waals surface area contributed by atoms with Gasteiger partial charge >= 0.3 is 0 Å². The summed E-state index contributed by atoms with van der Waals surface area (Å²) in [5.41, 5.74) is 4.52. The molecule has 3 aromatic rings. The van der Waals surface area contributed by atoms with Crippen LogP contribution < -0.4 is 10.6 Å². The van der Waals surface area contributed by atoms with E-state index in [1.807, 2.05) is 18.5 Å². The molecule has 0 fully saturated rings. The third-order valence-corrected chi connectivity index (χ3v) is 4.32. The fourth-order valence-corrected chi connectivity index (χ4v) is 2.91. The maximum absolute atomic E-state index is 5.90. The van der Waals surface area contributed by atoms with Crippen molar-refractivity contribution in [2.45, 2.75) is 32.9 Å². The Morgan fingerprint density at radius 2 is 1.65 bits per heavy atom. The van der Waals surface area contributed by atoms with Crippen molar-refractivity contribution in [3.05, 3.63) is 77.0 Å². The average molecular weight is 368 g/mol. The number of rotatable bonds is 6. The van der Waals surface area contributed by atoms with Crippen LogP contribution in [0.3, 0.4) is 0 Å². The Balaban J connectivity index is 1.71. The molecular weight excluding hydrogens is 346 g/mol. The van der Waals surface area contributed by atoms with Crippen molar-refractivity contribution in [1.29, 1.82) is 0 Å². The molecule has 2 unspecified atom stereocenters. The summed E-state index contributed by atoms with van der Waals surface area (Å²) in [6.45, 7) is 6.26. The van der Waals surface area contributed by atoms with Gasteiger partial charge in [0.25, 0.3) is 0 Å². The Labute approximate surface area is 158 Å². The molecule has 0 saturated carbocycles. The molecule has 2 N–H and O–H groups in total. The van der Waals surface area contributed by atoms with Gasteiger partial charge in [0.1, 0.15) is 11.0 Å². The summed E-state index contributed by atoms with van der Waals surface area (Å²) in [6, 6.07) is 10.7. The standard InChI is InChI=1S/C20H22ClN5/c1-13-7-17(10-22-9-13)15(3)24-18-6-4-5-16(8-18)14(2)25-20-12-23-11-19(21)26-20/h4-12,14-15,24H,1-3H3,(H,25,26). The van der Waals surface area contributed by atoms with E-state index in [0.29, 0.717) is 11.0 Å². The monoisotopic (exact) mass is 367 g/mol. The van der Waals surface area contributed by atoms with E-state index < -0.39 is 0 Å². The minimum Gasteiger partial charge on any atom is -0.378 e. The predicted molar refractivity (Wildman–Crippen MR) is 107 cm³/mol. The summed E-state index contributed by atoms with van der Waals surface area (Å²) in [6.07, 6.45) is 6.94. The largest absolute Gasteiger partial charge is 0.378 e. The van der Waals surface area contributed by atoms with Gasteiger partial charge in [-0.2, -0.15) is 0 Å². The SMILES string of the molecule is Cc1cncc(C(C)Nc2cccc(C(C)Nc3cncc(Cl)n3)c2)c1. The number of nitrogens with zero attached hydrogens (tertiary/aromatic N) is 3. The highest BCUT2D eigenvalue weighted by Crippen LogP contribution is 2.24. The molecule has 0 aliphatic heterocycles. The van der Waals surface area contributed by atoms with Gasteiger partial charge in [0.15, 0.2) is 0 Å². The van der Waals surface area contributed by atoms with Crippen molar-refractivity contribution in [2.24, 2.45) is 0 Å². The fourth-order valence-electron chi connectivity index (χ4n) is 2.76. The first-order valence-electron chi connectivity index (χ1n) is 8.53. The number of aryl methyl sites for hydroxylation is 1. The van der Waals surface area contributed by atoms with Crippen LogP contribution in [0.5, 0.6) is 0 Å². The number of hydrogen-bond donors (Lipinski definition) is 2. The van der Waals surface area contributed by atoms with Crippen molar-refractivity contribution in [1.82, 2.24) is 15.0 Å². The third kappa shape index (κ3) is 4.70. The lowest BCUT2D eigenvalue weighted by Crippen LogP contribution is -2.10. The topological polar surface area (TPSA) is 62.7 Å². The summed E-state index contributed by atoms with van der Waals surface area (Å²) >= 11 is 5.90. The van der Waals surface area contributed by atoms with Gasteiger partial charge in [-0.1, -0.05) is 29.8 Å². The lowest BCUT2D eigenvalue weighted by atomic mass is 10.1. The second-order valence-electron chi connectivity index (χ2n) is 6.38. The van der Waals surface area contributed by atoms with Crippen LogP contribution in [0.1, 0.15) is 42.6 Å². The van der Waals surface area contributed by atoms with E-state index in [-0.39, 0.29) is 12.1 Å². The van der Waals surface area contributed by atoms with Crippen LogP contribution in [-0.4, -0.2) is 15.0 Å². The van der Waals surface area contributed by atoms with Crippen molar-refractivity contribution in [2.75, 3.05) is 10.6 Å². The van der Waals surface area contributed by atoms with Crippen LogP contribution in [0.4, 0.5) is 11.5 Å². The smallest absolute Gasteiger partial charge is 0.149 e. The van der Waals surface area contributed by atoms with Crippen molar-refractivity contribution in [3.8, 4) is 0 Å². The predicted octanol–water partition coefficient (Wildman–Crippen LogP) is 5.18. The first-order valence-corrected chi connectivity index (χ1v) is 8.91. The van der Waals surface area contributed by atoms with E-state index in [9.17, 15) is 0 Å². The summed E-state index contributed by atoms with van der Waals surface area (Å²) in [4.78, 5) is 12.6. The lowest BCUT2D eigenvalue weighted by molar-refractivity contribution is 0.858. The van der Waals surface area contributed by atoms with Crippen molar-refractivity contribution < 1.29 is 0 Å². The molecule has 2 aromatic heterocycles. The van der Waals surface area contributed by atoms with Crippen LogP contribution in [0.2, 0.25) is 5.15 Å². The highest BCUT2D eigenvalue weighted by atomic mass is 35.5. The minimum atomic E-state index is 0.0699. The van der Waals surface area contributed by atoms with E-state index in [1.165, 1.54) is 6.20 Å². The summed E-state index contributed by atoms with van der Waals surface area (Å²) in [7, 11) is 0. The van der Waals surface area contributed by atoms with Crippen molar-refractivity contribution in [3.63, 3.8) is 0 Å². The summed E-state index contributed by atoms with van der Waals surface area (Å²) in [5.74, 6) is 0.655. The first kappa shape index (κ1) is 18.1. The van der Waals surface area contributed by atoms with E-state index >= 15 is 0 Å². The molecule has 2 heterocycles. The third-order valence-electron chi connectivity index (χ3n) is 4.14. The van der Waals surface area contributed by atoms with Crippen LogP contribution in [-0.2, 0) is 0 Å².